The summed E-state index contributed by atoms with van der Waals surface area (Å²) >= 11 is 3.43. The molecule has 0 radical (unpaired) electrons. The zero-order valence-corrected chi connectivity index (χ0v) is 11.9. The fraction of sp³-hybridized carbons (Fsp3) is 0.462. The number of halogens is 1. The van der Waals surface area contributed by atoms with Gasteiger partial charge in [-0.3, -0.25) is 0 Å². The highest BCUT2D eigenvalue weighted by Gasteiger charge is 2.15. The van der Waals surface area contributed by atoms with Gasteiger partial charge in [-0.05, 0) is 23.8 Å². The van der Waals surface area contributed by atoms with Crippen LogP contribution in [0.2, 0.25) is 0 Å². The molecule has 5 heteroatoms. The Balaban J connectivity index is 2.30. The van der Waals surface area contributed by atoms with Crippen LogP contribution in [-0.4, -0.2) is 39.4 Å². The monoisotopic (exact) mass is 313 g/mol. The van der Waals surface area contributed by atoms with Crippen molar-refractivity contribution < 1.29 is 14.3 Å². The van der Waals surface area contributed by atoms with Gasteiger partial charge in [0.2, 0.25) is 0 Å². The van der Waals surface area contributed by atoms with Crippen molar-refractivity contribution in [1.29, 1.82) is 0 Å². The molecule has 0 aromatic heterocycles. The number of methoxy groups -OCH3 is 1. The summed E-state index contributed by atoms with van der Waals surface area (Å²) in [7, 11) is 1.40. The van der Waals surface area contributed by atoms with Crippen molar-refractivity contribution in [1.82, 2.24) is 0 Å². The Kier molecular flexibility index (Phi) is 4.60. The van der Waals surface area contributed by atoms with Crippen molar-refractivity contribution in [2.45, 2.75) is 5.33 Å². The van der Waals surface area contributed by atoms with E-state index in [9.17, 15) is 4.79 Å². The molecule has 1 aromatic carbocycles. The van der Waals surface area contributed by atoms with Crippen molar-refractivity contribution in [2.75, 3.05) is 38.3 Å². The smallest absolute Gasteiger partial charge is 0.337 e. The second kappa shape index (κ2) is 6.20. The number of esters is 1. The van der Waals surface area contributed by atoms with E-state index in [0.29, 0.717) is 5.56 Å². The van der Waals surface area contributed by atoms with Crippen molar-refractivity contribution in [3.63, 3.8) is 0 Å². The molecular formula is C13H16BrNO3. The summed E-state index contributed by atoms with van der Waals surface area (Å²) in [6, 6.07) is 5.82. The average molecular weight is 314 g/mol. The van der Waals surface area contributed by atoms with Gasteiger partial charge in [0.25, 0.3) is 0 Å². The van der Waals surface area contributed by atoms with E-state index < -0.39 is 0 Å². The maximum atomic E-state index is 11.6. The molecule has 1 aromatic rings. The molecule has 0 bridgehead atoms. The third-order valence-electron chi connectivity index (χ3n) is 2.93. The van der Waals surface area contributed by atoms with E-state index in [0.717, 1.165) is 42.9 Å². The molecule has 1 saturated heterocycles. The second-order valence-electron chi connectivity index (χ2n) is 4.11. The quantitative estimate of drug-likeness (QED) is 0.633. The Bertz CT molecular complexity index is 430. The molecule has 1 aliphatic heterocycles. The van der Waals surface area contributed by atoms with E-state index in [2.05, 4.69) is 26.9 Å². The predicted molar refractivity (Wildman–Crippen MR) is 73.4 cm³/mol. The molecule has 1 aliphatic rings. The molecule has 0 unspecified atom stereocenters. The van der Waals surface area contributed by atoms with Crippen LogP contribution in [-0.2, 0) is 14.8 Å². The molecule has 0 aliphatic carbocycles. The van der Waals surface area contributed by atoms with Crippen LogP contribution in [0.1, 0.15) is 15.9 Å². The van der Waals surface area contributed by atoms with Gasteiger partial charge >= 0.3 is 5.97 Å². The molecule has 1 heterocycles. The SMILES string of the molecule is COC(=O)c1cc(CBr)cc(N2CCOCC2)c1. The lowest BCUT2D eigenvalue weighted by Crippen LogP contribution is -2.36. The number of alkyl halides is 1. The molecule has 0 amide bonds. The van der Waals surface area contributed by atoms with E-state index >= 15 is 0 Å². The number of carbonyl (C=O) groups is 1. The number of rotatable bonds is 3. The highest BCUT2D eigenvalue weighted by atomic mass is 79.9. The largest absolute Gasteiger partial charge is 0.465 e. The summed E-state index contributed by atoms with van der Waals surface area (Å²) in [6.07, 6.45) is 0. The first-order chi connectivity index (χ1) is 8.74. The molecule has 1 fully saturated rings. The summed E-state index contributed by atoms with van der Waals surface area (Å²) in [5.74, 6) is -0.299. The number of hydrogen-bond acceptors (Lipinski definition) is 4. The van der Waals surface area contributed by atoms with Crippen molar-refractivity contribution in [3.8, 4) is 0 Å². The van der Waals surface area contributed by atoms with Gasteiger partial charge in [-0.2, -0.15) is 0 Å². The maximum Gasteiger partial charge on any atom is 0.337 e. The topological polar surface area (TPSA) is 38.8 Å². The fourth-order valence-electron chi connectivity index (χ4n) is 1.99. The third kappa shape index (κ3) is 3.03. The summed E-state index contributed by atoms with van der Waals surface area (Å²) in [4.78, 5) is 13.9. The van der Waals surface area contributed by atoms with Crippen LogP contribution >= 0.6 is 15.9 Å². The normalized spacial score (nSPS) is 15.6. The van der Waals surface area contributed by atoms with Crippen molar-refractivity contribution in [3.05, 3.63) is 29.3 Å². The molecule has 18 heavy (non-hydrogen) atoms. The maximum absolute atomic E-state index is 11.6. The summed E-state index contributed by atoms with van der Waals surface area (Å²) in [5, 5.41) is 0.717. The summed E-state index contributed by atoms with van der Waals surface area (Å²) in [6.45, 7) is 3.16. The Hall–Kier alpha value is -1.07. The van der Waals surface area contributed by atoms with Gasteiger partial charge in [0.05, 0.1) is 25.9 Å². The van der Waals surface area contributed by atoms with E-state index in [4.69, 9.17) is 9.47 Å². The van der Waals surface area contributed by atoms with Crippen LogP contribution < -0.4 is 4.90 Å². The summed E-state index contributed by atoms with van der Waals surface area (Å²) in [5.41, 5.74) is 2.71. The van der Waals surface area contributed by atoms with E-state index in [1.165, 1.54) is 7.11 Å². The van der Waals surface area contributed by atoms with Gasteiger partial charge in [-0.25, -0.2) is 4.79 Å². The van der Waals surface area contributed by atoms with Crippen LogP contribution in [0.25, 0.3) is 0 Å². The highest BCUT2D eigenvalue weighted by molar-refractivity contribution is 9.08. The summed E-state index contributed by atoms with van der Waals surface area (Å²) < 4.78 is 10.1. The van der Waals surface area contributed by atoms with E-state index in [-0.39, 0.29) is 5.97 Å². The molecule has 0 atom stereocenters. The van der Waals surface area contributed by atoms with Gasteiger partial charge in [0, 0.05) is 24.1 Å². The Labute approximate surface area is 115 Å². The van der Waals surface area contributed by atoms with Crippen LogP contribution in [0.4, 0.5) is 5.69 Å². The molecule has 0 saturated carbocycles. The molecule has 2 rings (SSSR count). The van der Waals surface area contributed by atoms with Crippen LogP contribution in [0.5, 0.6) is 0 Å². The standard InChI is InChI=1S/C13H16BrNO3/c1-17-13(16)11-6-10(9-14)7-12(8-11)15-2-4-18-5-3-15/h6-8H,2-5,9H2,1H3. The van der Waals surface area contributed by atoms with Crippen LogP contribution in [0.3, 0.4) is 0 Å². The minimum Gasteiger partial charge on any atom is -0.465 e. The lowest BCUT2D eigenvalue weighted by atomic mass is 10.1. The van der Waals surface area contributed by atoms with Crippen LogP contribution in [0.15, 0.2) is 18.2 Å². The molecule has 0 spiro atoms. The lowest BCUT2D eigenvalue weighted by molar-refractivity contribution is 0.0600. The third-order valence-corrected chi connectivity index (χ3v) is 3.58. The van der Waals surface area contributed by atoms with Gasteiger partial charge in [-0.15, -0.1) is 0 Å². The minimum atomic E-state index is -0.299. The Morgan fingerprint density at radius 1 is 1.39 bits per heavy atom. The average Bonchev–Trinajstić information content (AvgIpc) is 2.46. The number of hydrogen-bond donors (Lipinski definition) is 0. The number of benzene rings is 1. The zero-order valence-electron chi connectivity index (χ0n) is 10.3. The lowest BCUT2D eigenvalue weighted by Gasteiger charge is -2.29. The number of morpholine rings is 1. The van der Waals surface area contributed by atoms with E-state index in [1.54, 1.807) is 0 Å². The van der Waals surface area contributed by atoms with Crippen molar-refractivity contribution >= 4 is 27.6 Å². The number of anilines is 1. The highest BCUT2D eigenvalue weighted by Crippen LogP contribution is 2.22. The molecular weight excluding hydrogens is 298 g/mol. The first-order valence-electron chi connectivity index (χ1n) is 5.85. The number of ether oxygens (including phenoxy) is 2. The number of nitrogens with zero attached hydrogens (tertiary/aromatic N) is 1. The predicted octanol–water partition coefficient (Wildman–Crippen LogP) is 2.20. The molecule has 0 N–H and O–H groups in total. The fourth-order valence-corrected chi connectivity index (χ4v) is 2.31. The molecule has 4 nitrogen and oxygen atoms in total. The van der Waals surface area contributed by atoms with Crippen molar-refractivity contribution in [2.24, 2.45) is 0 Å². The van der Waals surface area contributed by atoms with Gasteiger partial charge in [0.15, 0.2) is 0 Å². The Morgan fingerprint density at radius 3 is 2.72 bits per heavy atom. The van der Waals surface area contributed by atoms with Gasteiger partial charge in [0.1, 0.15) is 0 Å². The van der Waals surface area contributed by atoms with Crippen LogP contribution in [0, 0.1) is 0 Å². The number of carbonyl (C=O) groups excluding carboxylic acids is 1. The zero-order chi connectivity index (χ0) is 13.0. The molecule has 98 valence electrons. The van der Waals surface area contributed by atoms with Gasteiger partial charge < -0.3 is 14.4 Å². The van der Waals surface area contributed by atoms with E-state index in [1.807, 2.05) is 12.1 Å². The second-order valence-corrected chi connectivity index (χ2v) is 4.67. The first-order valence-corrected chi connectivity index (χ1v) is 6.97. The minimum absolute atomic E-state index is 0.299. The Morgan fingerprint density at radius 2 is 2.11 bits per heavy atom. The first kappa shape index (κ1) is 13.4. The van der Waals surface area contributed by atoms with Gasteiger partial charge in [-0.1, -0.05) is 15.9 Å².